The van der Waals surface area contributed by atoms with E-state index in [-0.39, 0.29) is 17.1 Å². The SMILES string of the molecule is CCOc1ccccc1C(=O)NC(=S)Nc1cccc(OC(C)CC)c1. The molecule has 6 heteroatoms. The van der Waals surface area contributed by atoms with Crippen LogP contribution >= 0.6 is 12.2 Å². The second kappa shape index (κ2) is 9.77. The fourth-order valence-corrected chi connectivity index (χ4v) is 2.44. The van der Waals surface area contributed by atoms with E-state index in [1.807, 2.05) is 44.2 Å². The zero-order chi connectivity index (χ0) is 18.9. The molecule has 5 nitrogen and oxygen atoms in total. The van der Waals surface area contributed by atoms with Crippen LogP contribution in [0.15, 0.2) is 48.5 Å². The van der Waals surface area contributed by atoms with Crippen molar-refractivity contribution in [2.75, 3.05) is 11.9 Å². The Bertz CT molecular complexity index is 764. The number of carbonyl (C=O) groups is 1. The summed E-state index contributed by atoms with van der Waals surface area (Å²) in [6.45, 7) is 6.43. The van der Waals surface area contributed by atoms with Crippen molar-refractivity contribution in [1.82, 2.24) is 5.32 Å². The zero-order valence-corrected chi connectivity index (χ0v) is 16.1. The topological polar surface area (TPSA) is 59.6 Å². The summed E-state index contributed by atoms with van der Waals surface area (Å²) in [6.07, 6.45) is 1.05. The van der Waals surface area contributed by atoms with Gasteiger partial charge in [-0.15, -0.1) is 0 Å². The van der Waals surface area contributed by atoms with Crippen LogP contribution in [0.5, 0.6) is 11.5 Å². The fraction of sp³-hybridized carbons (Fsp3) is 0.300. The minimum atomic E-state index is -0.321. The second-order valence-electron chi connectivity index (χ2n) is 5.70. The lowest BCUT2D eigenvalue weighted by Gasteiger charge is -2.15. The first-order chi connectivity index (χ1) is 12.5. The van der Waals surface area contributed by atoms with Crippen molar-refractivity contribution in [1.29, 1.82) is 0 Å². The number of hydrogen-bond acceptors (Lipinski definition) is 4. The first-order valence-electron chi connectivity index (χ1n) is 8.64. The molecule has 1 amide bonds. The Morgan fingerprint density at radius 1 is 1.15 bits per heavy atom. The molecule has 2 N–H and O–H groups in total. The van der Waals surface area contributed by atoms with Crippen LogP contribution in [-0.2, 0) is 0 Å². The van der Waals surface area contributed by atoms with Crippen LogP contribution in [-0.4, -0.2) is 23.7 Å². The molecule has 2 rings (SSSR count). The molecule has 1 unspecified atom stereocenters. The zero-order valence-electron chi connectivity index (χ0n) is 15.2. The largest absolute Gasteiger partial charge is 0.493 e. The summed E-state index contributed by atoms with van der Waals surface area (Å²) in [5.41, 5.74) is 1.18. The maximum absolute atomic E-state index is 12.4. The molecule has 0 bridgehead atoms. The van der Waals surface area contributed by atoms with Crippen molar-refractivity contribution in [3.63, 3.8) is 0 Å². The minimum Gasteiger partial charge on any atom is -0.493 e. The number of hydrogen-bond donors (Lipinski definition) is 2. The summed E-state index contributed by atoms with van der Waals surface area (Å²) in [4.78, 5) is 12.4. The number of carbonyl (C=O) groups excluding carboxylic acids is 1. The third-order valence-electron chi connectivity index (χ3n) is 3.66. The normalized spacial score (nSPS) is 11.3. The molecule has 0 saturated heterocycles. The molecule has 26 heavy (non-hydrogen) atoms. The molecule has 0 radical (unpaired) electrons. The van der Waals surface area contributed by atoms with Crippen LogP contribution in [0.25, 0.3) is 0 Å². The molecule has 0 aliphatic rings. The number of ether oxygens (including phenoxy) is 2. The summed E-state index contributed by atoms with van der Waals surface area (Å²) >= 11 is 5.25. The summed E-state index contributed by atoms with van der Waals surface area (Å²) in [7, 11) is 0. The molecule has 0 aromatic heterocycles. The lowest BCUT2D eigenvalue weighted by molar-refractivity contribution is 0.0974. The smallest absolute Gasteiger partial charge is 0.261 e. The van der Waals surface area contributed by atoms with Gasteiger partial charge in [-0.2, -0.15) is 0 Å². The number of amides is 1. The van der Waals surface area contributed by atoms with Crippen LogP contribution < -0.4 is 20.1 Å². The van der Waals surface area contributed by atoms with E-state index in [9.17, 15) is 4.79 Å². The highest BCUT2D eigenvalue weighted by molar-refractivity contribution is 7.80. The maximum Gasteiger partial charge on any atom is 0.261 e. The monoisotopic (exact) mass is 372 g/mol. The molecule has 2 aromatic rings. The van der Waals surface area contributed by atoms with Gasteiger partial charge in [0.15, 0.2) is 5.11 Å². The second-order valence-corrected chi connectivity index (χ2v) is 6.11. The first kappa shape index (κ1) is 19.7. The van der Waals surface area contributed by atoms with E-state index in [0.29, 0.717) is 17.9 Å². The summed E-state index contributed by atoms with van der Waals surface area (Å²) in [5.74, 6) is 0.956. The number of thiocarbonyl (C=S) groups is 1. The van der Waals surface area contributed by atoms with Gasteiger partial charge < -0.3 is 14.8 Å². The van der Waals surface area contributed by atoms with Gasteiger partial charge in [0.1, 0.15) is 11.5 Å². The van der Waals surface area contributed by atoms with Gasteiger partial charge in [-0.25, -0.2) is 0 Å². The van der Waals surface area contributed by atoms with Gasteiger partial charge in [-0.05, 0) is 56.8 Å². The van der Waals surface area contributed by atoms with Crippen molar-refractivity contribution in [2.24, 2.45) is 0 Å². The number of anilines is 1. The number of benzene rings is 2. The number of para-hydroxylation sites is 1. The average molecular weight is 372 g/mol. The molecule has 0 heterocycles. The maximum atomic E-state index is 12.4. The first-order valence-corrected chi connectivity index (χ1v) is 9.05. The standard InChI is InChI=1S/C20H24N2O3S/c1-4-14(3)25-16-10-8-9-15(13-16)21-20(26)22-19(23)17-11-6-7-12-18(17)24-5-2/h6-14H,4-5H2,1-3H3,(H2,21,22,23,26). The highest BCUT2D eigenvalue weighted by Crippen LogP contribution is 2.20. The Labute approximate surface area is 159 Å². The van der Waals surface area contributed by atoms with Crippen molar-refractivity contribution in [3.05, 3.63) is 54.1 Å². The van der Waals surface area contributed by atoms with E-state index < -0.39 is 0 Å². The predicted molar refractivity (Wildman–Crippen MR) is 108 cm³/mol. The molecule has 1 atom stereocenters. The lowest BCUT2D eigenvalue weighted by atomic mass is 10.2. The van der Waals surface area contributed by atoms with Crippen LogP contribution in [0.4, 0.5) is 5.69 Å². The van der Waals surface area contributed by atoms with E-state index in [4.69, 9.17) is 21.7 Å². The Morgan fingerprint density at radius 2 is 1.92 bits per heavy atom. The van der Waals surface area contributed by atoms with Crippen LogP contribution in [0, 0.1) is 0 Å². The third-order valence-corrected chi connectivity index (χ3v) is 3.87. The lowest BCUT2D eigenvalue weighted by Crippen LogP contribution is -2.34. The number of rotatable bonds is 7. The molecule has 0 spiro atoms. The molecular weight excluding hydrogens is 348 g/mol. The van der Waals surface area contributed by atoms with Crippen LogP contribution in [0.2, 0.25) is 0 Å². The summed E-state index contributed by atoms with van der Waals surface area (Å²) in [6, 6.07) is 14.5. The van der Waals surface area contributed by atoms with Gasteiger partial charge in [0.05, 0.1) is 18.3 Å². The van der Waals surface area contributed by atoms with Gasteiger partial charge in [0, 0.05) is 11.8 Å². The Hall–Kier alpha value is -2.60. The average Bonchev–Trinajstić information content (AvgIpc) is 2.62. The van der Waals surface area contributed by atoms with E-state index in [1.165, 1.54) is 0 Å². The van der Waals surface area contributed by atoms with Crippen molar-refractivity contribution in [3.8, 4) is 11.5 Å². The summed E-state index contributed by atoms with van der Waals surface area (Å²) in [5, 5.41) is 5.89. The Kier molecular flexibility index (Phi) is 7.41. The van der Waals surface area contributed by atoms with Crippen molar-refractivity contribution >= 4 is 28.9 Å². The highest BCUT2D eigenvalue weighted by Gasteiger charge is 2.13. The van der Waals surface area contributed by atoms with E-state index in [2.05, 4.69) is 17.6 Å². The molecule has 0 aliphatic carbocycles. The van der Waals surface area contributed by atoms with Gasteiger partial charge >= 0.3 is 0 Å². The van der Waals surface area contributed by atoms with Crippen molar-refractivity contribution in [2.45, 2.75) is 33.3 Å². The van der Waals surface area contributed by atoms with E-state index >= 15 is 0 Å². The summed E-state index contributed by atoms with van der Waals surface area (Å²) < 4.78 is 11.3. The van der Waals surface area contributed by atoms with Crippen LogP contribution in [0.1, 0.15) is 37.6 Å². The van der Waals surface area contributed by atoms with Gasteiger partial charge in [-0.1, -0.05) is 25.1 Å². The predicted octanol–water partition coefficient (Wildman–Crippen LogP) is 4.39. The minimum absolute atomic E-state index is 0.131. The van der Waals surface area contributed by atoms with Gasteiger partial charge in [0.2, 0.25) is 0 Å². The Balaban J connectivity index is 2.00. The fourth-order valence-electron chi connectivity index (χ4n) is 2.23. The van der Waals surface area contributed by atoms with Gasteiger partial charge in [-0.3, -0.25) is 10.1 Å². The molecule has 2 aromatic carbocycles. The molecule has 138 valence electrons. The Morgan fingerprint density at radius 3 is 2.65 bits per heavy atom. The van der Waals surface area contributed by atoms with Gasteiger partial charge in [0.25, 0.3) is 5.91 Å². The number of nitrogens with one attached hydrogen (secondary N) is 2. The quantitative estimate of drug-likeness (QED) is 0.706. The molecular formula is C20H24N2O3S. The van der Waals surface area contributed by atoms with E-state index in [1.54, 1.807) is 18.2 Å². The van der Waals surface area contributed by atoms with Crippen molar-refractivity contribution < 1.29 is 14.3 Å². The van der Waals surface area contributed by atoms with Crippen LogP contribution in [0.3, 0.4) is 0 Å². The van der Waals surface area contributed by atoms with E-state index in [0.717, 1.165) is 17.9 Å². The third kappa shape index (κ3) is 5.74. The molecule has 0 fully saturated rings. The molecule has 0 aliphatic heterocycles. The molecule has 0 saturated carbocycles. The highest BCUT2D eigenvalue weighted by atomic mass is 32.1.